The quantitative estimate of drug-likeness (QED) is 0.775. The molecule has 0 spiro atoms. The Morgan fingerprint density at radius 2 is 1.70 bits per heavy atom. The summed E-state index contributed by atoms with van der Waals surface area (Å²) in [5.74, 6) is 1.13. The van der Waals surface area contributed by atoms with Gasteiger partial charge in [0.2, 0.25) is 0 Å². The number of halogens is 2. The molecule has 2 saturated heterocycles. The highest BCUT2D eigenvalue weighted by Gasteiger charge is 2.26. The second kappa shape index (κ2) is 8.08. The number of rotatable bonds is 4. The minimum absolute atomic E-state index is 0.0530. The summed E-state index contributed by atoms with van der Waals surface area (Å²) in [4.78, 5) is 22.7. The van der Waals surface area contributed by atoms with E-state index in [4.69, 9.17) is 28.2 Å². The minimum atomic E-state index is -0.0530. The molecule has 0 saturated carbocycles. The molecule has 27 heavy (non-hydrogen) atoms. The smallest absolute Gasteiger partial charge is 0.261 e. The van der Waals surface area contributed by atoms with Gasteiger partial charge >= 0.3 is 0 Å². The van der Waals surface area contributed by atoms with E-state index in [0.29, 0.717) is 20.9 Å². The van der Waals surface area contributed by atoms with Crippen molar-refractivity contribution in [3.63, 3.8) is 0 Å². The Balaban J connectivity index is 1.56. The molecule has 0 unspecified atom stereocenters. The molecule has 2 fully saturated rings. The van der Waals surface area contributed by atoms with Gasteiger partial charge < -0.3 is 9.80 Å². The topological polar surface area (TPSA) is 41.4 Å². The van der Waals surface area contributed by atoms with Gasteiger partial charge in [-0.2, -0.15) is 0 Å². The number of piperidine rings is 1. The molecular weight excluding hydrogens is 383 g/mol. The number of nitrogens with zero attached hydrogens (tertiary/aromatic N) is 4. The first-order valence-corrected chi connectivity index (χ1v) is 10.6. The van der Waals surface area contributed by atoms with Gasteiger partial charge in [-0.15, -0.1) is 0 Å². The summed E-state index contributed by atoms with van der Waals surface area (Å²) in [6, 6.07) is 3.33. The normalized spacial score (nSPS) is 22.0. The predicted molar refractivity (Wildman–Crippen MR) is 111 cm³/mol. The van der Waals surface area contributed by atoms with Gasteiger partial charge in [0.15, 0.2) is 0 Å². The van der Waals surface area contributed by atoms with Crippen LogP contribution >= 0.6 is 23.2 Å². The van der Waals surface area contributed by atoms with Crippen molar-refractivity contribution in [2.45, 2.75) is 31.6 Å². The van der Waals surface area contributed by atoms with Crippen molar-refractivity contribution in [2.75, 3.05) is 39.3 Å². The molecule has 1 aromatic carbocycles. The Bertz CT molecular complexity index is 892. The first-order valence-electron chi connectivity index (χ1n) is 9.83. The Hall–Kier alpha value is -1.14. The van der Waals surface area contributed by atoms with E-state index >= 15 is 0 Å². The highest BCUT2D eigenvalue weighted by Crippen LogP contribution is 2.29. The molecule has 1 aromatic heterocycles. The lowest BCUT2D eigenvalue weighted by Gasteiger charge is -2.34. The first-order chi connectivity index (χ1) is 13.0. The molecule has 0 amide bonds. The molecule has 4 rings (SSSR count). The Morgan fingerprint density at radius 3 is 2.48 bits per heavy atom. The van der Waals surface area contributed by atoms with E-state index in [9.17, 15) is 4.79 Å². The van der Waals surface area contributed by atoms with Crippen LogP contribution in [-0.2, 0) is 7.05 Å². The van der Waals surface area contributed by atoms with Crippen LogP contribution in [0.5, 0.6) is 0 Å². The third-order valence-corrected chi connectivity index (χ3v) is 6.68. The molecule has 0 radical (unpaired) electrons. The zero-order valence-electron chi connectivity index (χ0n) is 15.8. The zero-order chi connectivity index (χ0) is 19.0. The van der Waals surface area contributed by atoms with Crippen molar-refractivity contribution >= 4 is 34.1 Å². The van der Waals surface area contributed by atoms with Gasteiger partial charge in [0.05, 0.1) is 20.9 Å². The predicted octanol–water partition coefficient (Wildman–Crippen LogP) is 3.52. The number of benzene rings is 1. The Labute approximate surface area is 169 Å². The highest BCUT2D eigenvalue weighted by molar-refractivity contribution is 6.42. The number of likely N-dealkylation sites (tertiary alicyclic amines) is 2. The fraction of sp³-hybridized carbons (Fsp3) is 0.600. The number of fused-ring (bicyclic) bond motifs is 1. The fourth-order valence-corrected chi connectivity index (χ4v) is 4.73. The van der Waals surface area contributed by atoms with Crippen molar-refractivity contribution in [1.82, 2.24) is 19.4 Å². The van der Waals surface area contributed by atoms with Crippen LogP contribution in [0.15, 0.2) is 16.9 Å². The van der Waals surface area contributed by atoms with Crippen LogP contribution < -0.4 is 5.56 Å². The van der Waals surface area contributed by atoms with Crippen molar-refractivity contribution in [3.8, 4) is 0 Å². The molecule has 1 atom stereocenters. The van der Waals surface area contributed by atoms with E-state index in [0.717, 1.165) is 44.8 Å². The SMILES string of the molecule is Cn1c([C@H]2CCCN(CCN3CCCC3)C2)nc2cc(Cl)c(Cl)cc2c1=O. The highest BCUT2D eigenvalue weighted by atomic mass is 35.5. The lowest BCUT2D eigenvalue weighted by atomic mass is 9.96. The van der Waals surface area contributed by atoms with Gasteiger partial charge in [0.1, 0.15) is 5.82 Å². The van der Waals surface area contributed by atoms with E-state index in [1.54, 1.807) is 16.7 Å². The van der Waals surface area contributed by atoms with Gasteiger partial charge in [0.25, 0.3) is 5.56 Å². The fourth-order valence-electron chi connectivity index (χ4n) is 4.41. The maximum Gasteiger partial charge on any atom is 0.261 e. The van der Waals surface area contributed by atoms with Crippen LogP contribution in [0.4, 0.5) is 0 Å². The van der Waals surface area contributed by atoms with Crippen LogP contribution in [0.25, 0.3) is 10.9 Å². The molecular formula is C20H26Cl2N4O. The maximum atomic E-state index is 12.8. The summed E-state index contributed by atoms with van der Waals surface area (Å²) in [6.07, 6.45) is 4.86. The zero-order valence-corrected chi connectivity index (χ0v) is 17.3. The van der Waals surface area contributed by atoms with E-state index in [1.165, 1.54) is 25.9 Å². The molecule has 2 aliphatic heterocycles. The molecule has 0 N–H and O–H groups in total. The van der Waals surface area contributed by atoms with Gasteiger partial charge in [-0.1, -0.05) is 23.2 Å². The summed E-state index contributed by atoms with van der Waals surface area (Å²) in [5, 5.41) is 1.35. The van der Waals surface area contributed by atoms with E-state index < -0.39 is 0 Å². The second-order valence-electron chi connectivity index (χ2n) is 7.81. The van der Waals surface area contributed by atoms with Crippen LogP contribution in [0, 0.1) is 0 Å². The van der Waals surface area contributed by atoms with Gasteiger partial charge in [0, 0.05) is 32.6 Å². The molecule has 3 heterocycles. The van der Waals surface area contributed by atoms with Gasteiger partial charge in [-0.3, -0.25) is 9.36 Å². The van der Waals surface area contributed by atoms with E-state index in [2.05, 4.69) is 9.80 Å². The second-order valence-corrected chi connectivity index (χ2v) is 8.62. The van der Waals surface area contributed by atoms with Crippen LogP contribution in [0.2, 0.25) is 10.0 Å². The van der Waals surface area contributed by atoms with Crippen molar-refractivity contribution < 1.29 is 0 Å². The van der Waals surface area contributed by atoms with Crippen LogP contribution in [0.1, 0.15) is 37.4 Å². The lowest BCUT2D eigenvalue weighted by molar-refractivity contribution is 0.177. The average Bonchev–Trinajstić information content (AvgIpc) is 3.19. The van der Waals surface area contributed by atoms with E-state index in [-0.39, 0.29) is 11.5 Å². The Morgan fingerprint density at radius 1 is 1.04 bits per heavy atom. The monoisotopic (exact) mass is 408 g/mol. The summed E-state index contributed by atoms with van der Waals surface area (Å²) < 4.78 is 1.70. The summed E-state index contributed by atoms with van der Waals surface area (Å²) in [7, 11) is 1.82. The maximum absolute atomic E-state index is 12.8. The third kappa shape index (κ3) is 4.02. The lowest BCUT2D eigenvalue weighted by Crippen LogP contribution is -2.41. The third-order valence-electron chi connectivity index (χ3n) is 5.95. The van der Waals surface area contributed by atoms with E-state index in [1.807, 2.05) is 7.05 Å². The number of hydrogen-bond donors (Lipinski definition) is 0. The molecule has 146 valence electrons. The van der Waals surface area contributed by atoms with Crippen molar-refractivity contribution in [1.29, 1.82) is 0 Å². The summed E-state index contributed by atoms with van der Waals surface area (Å²) in [6.45, 7) is 6.81. The van der Waals surface area contributed by atoms with Gasteiger partial charge in [-0.05, 0) is 57.5 Å². The van der Waals surface area contributed by atoms with Crippen LogP contribution in [0.3, 0.4) is 0 Å². The summed E-state index contributed by atoms with van der Waals surface area (Å²) >= 11 is 12.2. The molecule has 0 aliphatic carbocycles. The van der Waals surface area contributed by atoms with Crippen LogP contribution in [-0.4, -0.2) is 58.6 Å². The average molecular weight is 409 g/mol. The van der Waals surface area contributed by atoms with Crippen molar-refractivity contribution in [3.05, 3.63) is 38.4 Å². The Kier molecular flexibility index (Phi) is 5.74. The molecule has 0 bridgehead atoms. The molecule has 7 heteroatoms. The first kappa shape index (κ1) is 19.2. The molecule has 2 aliphatic rings. The molecule has 5 nitrogen and oxygen atoms in total. The number of aromatic nitrogens is 2. The largest absolute Gasteiger partial charge is 0.302 e. The standard InChI is InChI=1S/C20H26Cl2N4O/c1-24-19(23-18-12-17(22)16(21)11-15(18)20(24)27)14-5-4-8-26(13-14)10-9-25-6-2-3-7-25/h11-12,14H,2-10,13H2,1H3/t14-/m0/s1. The minimum Gasteiger partial charge on any atom is -0.302 e. The van der Waals surface area contributed by atoms with Gasteiger partial charge in [-0.25, -0.2) is 4.98 Å². The van der Waals surface area contributed by atoms with Crippen molar-refractivity contribution in [2.24, 2.45) is 7.05 Å². The number of hydrogen-bond acceptors (Lipinski definition) is 4. The molecule has 2 aromatic rings. The summed E-state index contributed by atoms with van der Waals surface area (Å²) in [5.41, 5.74) is 0.583.